The number of nitrogens with one attached hydrogen (secondary N) is 1. The van der Waals surface area contributed by atoms with E-state index in [4.69, 9.17) is 0 Å². The van der Waals surface area contributed by atoms with Gasteiger partial charge in [-0.25, -0.2) is 8.42 Å². The van der Waals surface area contributed by atoms with E-state index >= 15 is 0 Å². The summed E-state index contributed by atoms with van der Waals surface area (Å²) in [5.41, 5.74) is 4.60. The zero-order valence-electron chi connectivity index (χ0n) is 17.9. The molecule has 2 aromatic rings. The number of para-hydroxylation sites is 1. The van der Waals surface area contributed by atoms with Gasteiger partial charge in [-0.3, -0.25) is 0 Å². The molecule has 0 aromatic heterocycles. The van der Waals surface area contributed by atoms with Crippen LogP contribution in [0.25, 0.3) is 0 Å². The van der Waals surface area contributed by atoms with Crippen molar-refractivity contribution < 1.29 is 8.42 Å². The maximum atomic E-state index is 13.5. The highest BCUT2D eigenvalue weighted by Crippen LogP contribution is 2.40. The van der Waals surface area contributed by atoms with E-state index in [2.05, 4.69) is 43.4 Å². The van der Waals surface area contributed by atoms with Gasteiger partial charge in [0.05, 0.1) is 4.90 Å². The molecule has 30 heavy (non-hydrogen) atoms. The van der Waals surface area contributed by atoms with Crippen molar-refractivity contribution in [1.29, 1.82) is 0 Å². The molecule has 0 spiro atoms. The highest BCUT2D eigenvalue weighted by atomic mass is 32.2. The third-order valence-corrected chi connectivity index (χ3v) is 8.15. The van der Waals surface area contributed by atoms with Gasteiger partial charge in [-0.15, -0.1) is 0 Å². The summed E-state index contributed by atoms with van der Waals surface area (Å²) in [4.78, 5) is 0.374. The zero-order valence-corrected chi connectivity index (χ0v) is 18.7. The number of allylic oxidation sites excluding steroid dienone is 2. The van der Waals surface area contributed by atoms with Crippen LogP contribution >= 0.6 is 0 Å². The lowest BCUT2D eigenvalue weighted by molar-refractivity contribution is 0.224. The Labute approximate surface area is 180 Å². The van der Waals surface area contributed by atoms with Crippen molar-refractivity contribution in [2.75, 3.05) is 18.4 Å². The van der Waals surface area contributed by atoms with Gasteiger partial charge >= 0.3 is 0 Å². The summed E-state index contributed by atoms with van der Waals surface area (Å²) in [7, 11) is -3.54. The van der Waals surface area contributed by atoms with Crippen LogP contribution in [0.5, 0.6) is 0 Å². The number of benzene rings is 2. The first-order valence-corrected chi connectivity index (χ1v) is 12.0. The van der Waals surface area contributed by atoms with Crippen LogP contribution in [0, 0.1) is 18.8 Å². The Morgan fingerprint density at radius 1 is 1.03 bits per heavy atom. The van der Waals surface area contributed by atoms with Crippen molar-refractivity contribution in [3.05, 3.63) is 83.5 Å². The Morgan fingerprint density at radius 2 is 1.73 bits per heavy atom. The molecule has 0 amide bonds. The summed E-state index contributed by atoms with van der Waals surface area (Å²) in [6.45, 7) is 7.17. The van der Waals surface area contributed by atoms with Crippen molar-refractivity contribution in [2.45, 2.75) is 38.1 Å². The van der Waals surface area contributed by atoms with Crippen LogP contribution in [-0.2, 0) is 10.0 Å². The average Bonchev–Trinajstić information content (AvgIpc) is 2.74. The predicted octanol–water partition coefficient (Wildman–Crippen LogP) is 5.01. The highest BCUT2D eigenvalue weighted by Gasteiger charge is 2.42. The van der Waals surface area contributed by atoms with Gasteiger partial charge in [0.1, 0.15) is 0 Å². The molecule has 1 heterocycles. The normalized spacial score (nSPS) is 24.4. The minimum Gasteiger partial charge on any atom is -0.378 e. The standard InChI is InChI=1S/C25H30N2O2S/c1-18(2)23-16-27(30(28,29)21-14-12-19(3)13-15-21)17-24-22(23)10-7-11-25(24)26-20-8-5-4-6-9-20/h4-9,11-15,22,24-26H,10,16-17H2,1-3H3/t22-,24+,25+/m0/s1. The van der Waals surface area contributed by atoms with E-state index in [0.29, 0.717) is 23.9 Å². The quantitative estimate of drug-likeness (QED) is 0.705. The van der Waals surface area contributed by atoms with Gasteiger partial charge in [-0.2, -0.15) is 4.31 Å². The van der Waals surface area contributed by atoms with Crippen molar-refractivity contribution in [1.82, 2.24) is 4.31 Å². The van der Waals surface area contributed by atoms with E-state index < -0.39 is 10.0 Å². The third-order valence-electron chi connectivity index (χ3n) is 6.33. The van der Waals surface area contributed by atoms with E-state index in [1.165, 1.54) is 11.1 Å². The maximum Gasteiger partial charge on any atom is 0.243 e. The van der Waals surface area contributed by atoms with Gasteiger partial charge in [0.2, 0.25) is 10.0 Å². The van der Waals surface area contributed by atoms with Gasteiger partial charge in [-0.1, -0.05) is 59.2 Å². The number of sulfonamides is 1. The van der Waals surface area contributed by atoms with E-state index in [1.807, 2.05) is 37.3 Å². The van der Waals surface area contributed by atoms with Crippen LogP contribution in [0.3, 0.4) is 0 Å². The van der Waals surface area contributed by atoms with E-state index in [1.54, 1.807) is 16.4 Å². The van der Waals surface area contributed by atoms with Gasteiger partial charge in [0, 0.05) is 30.7 Å². The molecule has 4 nitrogen and oxygen atoms in total. The highest BCUT2D eigenvalue weighted by molar-refractivity contribution is 7.89. The molecule has 0 bridgehead atoms. The van der Waals surface area contributed by atoms with Crippen molar-refractivity contribution in [3.8, 4) is 0 Å². The molecule has 4 rings (SSSR count). The molecule has 158 valence electrons. The number of nitrogens with zero attached hydrogens (tertiary/aromatic N) is 1. The summed E-state index contributed by atoms with van der Waals surface area (Å²) in [6, 6.07) is 17.4. The first kappa shape index (κ1) is 20.9. The second-order valence-electron chi connectivity index (χ2n) is 8.61. The zero-order chi connectivity index (χ0) is 21.3. The van der Waals surface area contributed by atoms with Crippen LogP contribution in [-0.4, -0.2) is 31.9 Å². The minimum absolute atomic E-state index is 0.0940. The number of piperidine rings is 1. The second-order valence-corrected chi connectivity index (χ2v) is 10.5. The fraction of sp³-hybridized carbons (Fsp3) is 0.360. The number of hydrogen-bond acceptors (Lipinski definition) is 3. The first-order valence-electron chi connectivity index (χ1n) is 10.6. The molecule has 0 unspecified atom stereocenters. The van der Waals surface area contributed by atoms with Crippen LogP contribution in [0.2, 0.25) is 0 Å². The lowest BCUT2D eigenvalue weighted by Crippen LogP contribution is -2.51. The molecule has 5 heteroatoms. The molecular weight excluding hydrogens is 392 g/mol. The number of fused-ring (bicyclic) bond motifs is 1. The van der Waals surface area contributed by atoms with Crippen molar-refractivity contribution in [3.63, 3.8) is 0 Å². The fourth-order valence-corrected chi connectivity index (χ4v) is 6.10. The largest absolute Gasteiger partial charge is 0.378 e. The Bertz CT molecular complexity index is 1050. The monoisotopic (exact) mass is 422 g/mol. The Morgan fingerprint density at radius 3 is 2.40 bits per heavy atom. The molecule has 2 aromatic carbocycles. The second kappa shape index (κ2) is 8.40. The molecule has 1 aliphatic heterocycles. The number of anilines is 1. The van der Waals surface area contributed by atoms with Gasteiger partial charge in [-0.05, 0) is 57.4 Å². The molecule has 2 aliphatic rings. The Hall–Kier alpha value is -2.37. The number of rotatable bonds is 4. The maximum absolute atomic E-state index is 13.5. The summed E-state index contributed by atoms with van der Waals surface area (Å²) < 4.78 is 28.6. The van der Waals surface area contributed by atoms with Crippen molar-refractivity contribution in [2.24, 2.45) is 11.8 Å². The molecule has 1 fully saturated rings. The molecule has 1 N–H and O–H groups in total. The summed E-state index contributed by atoms with van der Waals surface area (Å²) in [5.74, 6) is 0.555. The number of hydrogen-bond donors (Lipinski definition) is 1. The summed E-state index contributed by atoms with van der Waals surface area (Å²) in [6.07, 6.45) is 5.42. The van der Waals surface area contributed by atoms with Crippen molar-refractivity contribution >= 4 is 15.7 Å². The third kappa shape index (κ3) is 4.09. The van der Waals surface area contributed by atoms with Gasteiger partial charge in [0.15, 0.2) is 0 Å². The van der Waals surface area contributed by atoms with Crippen LogP contribution in [0.4, 0.5) is 5.69 Å². The fourth-order valence-electron chi connectivity index (χ4n) is 4.64. The molecule has 0 saturated carbocycles. The predicted molar refractivity (Wildman–Crippen MR) is 123 cm³/mol. The van der Waals surface area contributed by atoms with Gasteiger partial charge < -0.3 is 5.32 Å². The van der Waals surface area contributed by atoms with E-state index in [9.17, 15) is 8.42 Å². The van der Waals surface area contributed by atoms with Crippen LogP contribution in [0.15, 0.2) is 82.8 Å². The van der Waals surface area contributed by atoms with E-state index in [0.717, 1.165) is 17.7 Å². The smallest absolute Gasteiger partial charge is 0.243 e. The lowest BCUT2D eigenvalue weighted by Gasteiger charge is -2.45. The molecule has 1 aliphatic carbocycles. The minimum atomic E-state index is -3.54. The topological polar surface area (TPSA) is 49.4 Å². The lowest BCUT2D eigenvalue weighted by atomic mass is 9.72. The average molecular weight is 423 g/mol. The SMILES string of the molecule is CC(C)=C1CN(S(=O)(=O)c2ccc(C)cc2)C[C@H]2[C@H](Nc3ccccc3)C=CC[C@@H]12. The molecule has 3 atom stereocenters. The number of aryl methyl sites for hydroxylation is 1. The van der Waals surface area contributed by atoms with E-state index in [-0.39, 0.29) is 12.0 Å². The summed E-state index contributed by atoms with van der Waals surface area (Å²) >= 11 is 0. The Balaban J connectivity index is 1.68. The van der Waals surface area contributed by atoms with Crippen LogP contribution < -0.4 is 5.32 Å². The summed E-state index contributed by atoms with van der Waals surface area (Å²) in [5, 5.41) is 3.63. The Kier molecular flexibility index (Phi) is 5.85. The molecule has 1 saturated heterocycles. The van der Waals surface area contributed by atoms with Crippen LogP contribution in [0.1, 0.15) is 25.8 Å². The molecule has 0 radical (unpaired) electrons. The molecular formula is C25H30N2O2S. The first-order chi connectivity index (χ1) is 14.4. The van der Waals surface area contributed by atoms with Gasteiger partial charge in [0.25, 0.3) is 0 Å².